The molecule has 31 heavy (non-hydrogen) atoms. The van der Waals surface area contributed by atoms with Gasteiger partial charge in [-0.05, 0) is 41.8 Å². The zero-order valence-electron chi connectivity index (χ0n) is 15.9. The van der Waals surface area contributed by atoms with E-state index in [1.807, 2.05) is 6.92 Å². The van der Waals surface area contributed by atoms with E-state index in [0.717, 1.165) is 5.56 Å². The van der Waals surface area contributed by atoms with E-state index >= 15 is 0 Å². The van der Waals surface area contributed by atoms with Crippen molar-refractivity contribution in [2.24, 2.45) is 0 Å². The van der Waals surface area contributed by atoms with Crippen LogP contribution in [0.25, 0.3) is 11.1 Å². The zero-order chi connectivity index (χ0) is 23.0. The molecule has 3 aromatic rings. The molecule has 0 N–H and O–H groups in total. The minimum atomic E-state index is -4.70. The largest absolute Gasteiger partial charge is 0.432 e. The number of hydrogen-bond donors (Lipinski definition) is 0. The average molecular weight is 443 g/mol. The molecular formula is C22H14F7O2. The maximum atomic E-state index is 14.9. The van der Waals surface area contributed by atoms with E-state index in [1.165, 1.54) is 12.1 Å². The molecule has 0 heterocycles. The molecule has 3 aromatic carbocycles. The second kappa shape index (κ2) is 8.13. The molecule has 163 valence electrons. The molecule has 2 nitrogen and oxygen atoms in total. The number of ether oxygens (including phenoxy) is 1. The van der Waals surface area contributed by atoms with Crippen LogP contribution in [0.1, 0.15) is 23.6 Å². The van der Waals surface area contributed by atoms with Crippen molar-refractivity contribution in [1.29, 1.82) is 0 Å². The van der Waals surface area contributed by atoms with Crippen LogP contribution < -0.4 is 4.74 Å². The first kappa shape index (κ1) is 22.5. The number of hydrogen-bond acceptors (Lipinski definition) is 1. The lowest BCUT2D eigenvalue weighted by atomic mass is 9.98. The number of aryl methyl sites for hydroxylation is 1. The van der Waals surface area contributed by atoms with Crippen molar-refractivity contribution in [3.63, 3.8) is 0 Å². The molecule has 0 spiro atoms. The van der Waals surface area contributed by atoms with E-state index in [1.54, 1.807) is 12.1 Å². The van der Waals surface area contributed by atoms with Crippen LogP contribution in [0.2, 0.25) is 0 Å². The van der Waals surface area contributed by atoms with Gasteiger partial charge in [-0.3, -0.25) is 5.11 Å². The summed E-state index contributed by atoms with van der Waals surface area (Å²) in [4.78, 5) is 0. The third-order valence-electron chi connectivity index (χ3n) is 4.55. The van der Waals surface area contributed by atoms with Gasteiger partial charge in [0.2, 0.25) is 0 Å². The summed E-state index contributed by atoms with van der Waals surface area (Å²) in [5, 5.41) is 12.1. The Morgan fingerprint density at radius 1 is 0.871 bits per heavy atom. The Labute approximate surface area is 172 Å². The molecule has 0 unspecified atom stereocenters. The Kier molecular flexibility index (Phi) is 5.89. The predicted octanol–water partition coefficient (Wildman–Crippen LogP) is 7.49. The van der Waals surface area contributed by atoms with E-state index in [4.69, 9.17) is 0 Å². The number of halogens is 7. The smallest absolute Gasteiger partial charge is 0.429 e. The summed E-state index contributed by atoms with van der Waals surface area (Å²) in [5.74, 6) is -5.55. The van der Waals surface area contributed by atoms with E-state index in [2.05, 4.69) is 4.74 Å². The highest BCUT2D eigenvalue weighted by atomic mass is 19.4. The van der Waals surface area contributed by atoms with Crippen molar-refractivity contribution in [2.45, 2.75) is 25.6 Å². The molecule has 3 rings (SSSR count). The quantitative estimate of drug-likeness (QED) is 0.376. The van der Waals surface area contributed by atoms with Crippen LogP contribution in [-0.4, -0.2) is 0 Å². The first-order valence-corrected chi connectivity index (χ1v) is 8.97. The van der Waals surface area contributed by atoms with Crippen molar-refractivity contribution in [3.05, 3.63) is 82.9 Å². The van der Waals surface area contributed by atoms with E-state index in [0.29, 0.717) is 30.7 Å². The first-order valence-electron chi connectivity index (χ1n) is 8.97. The third-order valence-corrected chi connectivity index (χ3v) is 4.55. The average Bonchev–Trinajstić information content (AvgIpc) is 2.67. The van der Waals surface area contributed by atoms with Gasteiger partial charge in [0.1, 0.15) is 17.1 Å². The summed E-state index contributed by atoms with van der Waals surface area (Å²) in [5.41, 5.74) is -2.90. The molecule has 0 fully saturated rings. The van der Waals surface area contributed by atoms with E-state index < -0.39 is 52.1 Å². The fraction of sp³-hybridized carbons (Fsp3) is 0.182. The summed E-state index contributed by atoms with van der Waals surface area (Å²) < 4.78 is 100. The third kappa shape index (κ3) is 4.60. The first-order chi connectivity index (χ1) is 14.4. The minimum absolute atomic E-state index is 0.0359. The number of rotatable bonds is 5. The van der Waals surface area contributed by atoms with Gasteiger partial charge in [-0.2, -0.15) is 22.0 Å². The minimum Gasteiger partial charge on any atom is -0.429 e. The van der Waals surface area contributed by atoms with Gasteiger partial charge in [0.25, 0.3) is 0 Å². The van der Waals surface area contributed by atoms with Gasteiger partial charge in [0.15, 0.2) is 11.6 Å². The van der Waals surface area contributed by atoms with Gasteiger partial charge < -0.3 is 4.74 Å². The SMILES string of the molecule is CCc1ccc(-c2c([O])cc(F)c(C(F)(F)Oc3ccc(C(F)(F)F)cc3)c2F)cc1. The van der Waals surface area contributed by atoms with Gasteiger partial charge in [0.05, 0.1) is 11.1 Å². The summed E-state index contributed by atoms with van der Waals surface area (Å²) in [6.07, 6.45) is -8.67. The molecule has 0 atom stereocenters. The molecule has 0 saturated heterocycles. The summed E-state index contributed by atoms with van der Waals surface area (Å²) >= 11 is 0. The highest BCUT2D eigenvalue weighted by Crippen LogP contribution is 2.42. The van der Waals surface area contributed by atoms with Crippen molar-refractivity contribution in [2.75, 3.05) is 0 Å². The van der Waals surface area contributed by atoms with Crippen LogP contribution in [0.15, 0.2) is 54.6 Å². The highest BCUT2D eigenvalue weighted by Gasteiger charge is 2.43. The fourth-order valence-corrected chi connectivity index (χ4v) is 2.95. The lowest BCUT2D eigenvalue weighted by Crippen LogP contribution is -2.25. The maximum Gasteiger partial charge on any atom is 0.432 e. The van der Waals surface area contributed by atoms with E-state index in [-0.39, 0.29) is 11.6 Å². The van der Waals surface area contributed by atoms with Crippen molar-refractivity contribution in [3.8, 4) is 22.6 Å². The predicted molar refractivity (Wildman–Crippen MR) is 97.3 cm³/mol. The van der Waals surface area contributed by atoms with Gasteiger partial charge in [-0.25, -0.2) is 8.78 Å². The number of benzene rings is 3. The Morgan fingerprint density at radius 2 is 1.45 bits per heavy atom. The summed E-state index contributed by atoms with van der Waals surface area (Å²) in [7, 11) is 0. The highest BCUT2D eigenvalue weighted by molar-refractivity contribution is 5.72. The fourth-order valence-electron chi connectivity index (χ4n) is 2.95. The van der Waals surface area contributed by atoms with Crippen molar-refractivity contribution < 1.29 is 40.6 Å². The van der Waals surface area contributed by atoms with Crippen LogP contribution in [0, 0.1) is 11.6 Å². The van der Waals surface area contributed by atoms with Crippen molar-refractivity contribution >= 4 is 0 Å². The summed E-state index contributed by atoms with van der Waals surface area (Å²) in [6, 6.07) is 8.19. The monoisotopic (exact) mass is 443 g/mol. The van der Waals surface area contributed by atoms with Gasteiger partial charge in [-0.15, -0.1) is 0 Å². The summed E-state index contributed by atoms with van der Waals surface area (Å²) in [6.45, 7) is 1.85. The molecule has 0 aromatic heterocycles. The number of alkyl halides is 5. The Morgan fingerprint density at radius 3 is 1.97 bits per heavy atom. The molecular weight excluding hydrogens is 429 g/mol. The second-order valence-corrected chi connectivity index (χ2v) is 6.61. The molecule has 9 heteroatoms. The van der Waals surface area contributed by atoms with Gasteiger partial charge >= 0.3 is 12.3 Å². The Hall–Kier alpha value is -3.23. The topological polar surface area (TPSA) is 29.1 Å². The molecule has 0 saturated carbocycles. The molecule has 0 aliphatic carbocycles. The standard InChI is InChI=1S/C22H14F7O2/c1-2-12-3-5-13(6-4-12)18-17(30)11-16(23)19(20(18)24)22(28,29)31-15-9-7-14(8-10-15)21(25,26)27/h3-11H,2H2,1H3. The normalized spacial score (nSPS) is 12.1. The molecule has 0 aliphatic rings. The van der Waals surface area contributed by atoms with Crippen LogP contribution in [0.3, 0.4) is 0 Å². The van der Waals surface area contributed by atoms with Crippen molar-refractivity contribution in [1.82, 2.24) is 0 Å². The molecule has 0 bridgehead atoms. The molecule has 0 amide bonds. The van der Waals surface area contributed by atoms with Crippen LogP contribution in [0.4, 0.5) is 30.7 Å². The van der Waals surface area contributed by atoms with Crippen LogP contribution >= 0.6 is 0 Å². The lowest BCUT2D eigenvalue weighted by Gasteiger charge is -2.21. The Balaban J connectivity index is 2.02. The second-order valence-electron chi connectivity index (χ2n) is 6.61. The van der Waals surface area contributed by atoms with Crippen LogP contribution in [0.5, 0.6) is 11.5 Å². The molecule has 1 radical (unpaired) electrons. The van der Waals surface area contributed by atoms with Gasteiger partial charge in [0, 0.05) is 6.07 Å². The maximum absolute atomic E-state index is 14.9. The zero-order valence-corrected chi connectivity index (χ0v) is 15.9. The van der Waals surface area contributed by atoms with Gasteiger partial charge in [-0.1, -0.05) is 31.2 Å². The Bertz CT molecular complexity index is 1070. The lowest BCUT2D eigenvalue weighted by molar-refractivity contribution is -0.189. The van der Waals surface area contributed by atoms with Crippen LogP contribution in [-0.2, 0) is 23.8 Å². The molecule has 0 aliphatic heterocycles. The van der Waals surface area contributed by atoms with E-state index in [9.17, 15) is 35.8 Å².